The van der Waals surface area contributed by atoms with Gasteiger partial charge in [0.15, 0.2) is 0 Å². The van der Waals surface area contributed by atoms with Crippen molar-refractivity contribution in [2.45, 2.75) is 12.5 Å². The van der Waals surface area contributed by atoms with Gasteiger partial charge in [-0.25, -0.2) is 0 Å². The zero-order valence-corrected chi connectivity index (χ0v) is 9.56. The van der Waals surface area contributed by atoms with Crippen molar-refractivity contribution >= 4 is 5.91 Å². The van der Waals surface area contributed by atoms with Crippen LogP contribution in [0, 0.1) is 0 Å². The smallest absolute Gasteiger partial charge is 0.252 e. The zero-order chi connectivity index (χ0) is 11.7. The Bertz CT molecular complexity index is 417. The third kappa shape index (κ3) is 1.65. The number of carbonyl (C=O) groups excluding carboxylic acids is 1. The summed E-state index contributed by atoms with van der Waals surface area (Å²) in [4.78, 5) is 13.5. The summed E-state index contributed by atoms with van der Waals surface area (Å²) in [6.45, 7) is 1.08. The minimum atomic E-state index is -0.444. The second kappa shape index (κ2) is 4.14. The number of carbonyl (C=O) groups is 1. The molecule has 1 heterocycles. The molecule has 1 unspecified atom stereocenters. The van der Waals surface area contributed by atoms with Crippen molar-refractivity contribution in [1.29, 1.82) is 0 Å². The standard InChI is InChI=1S/C12H16N2O2/c1-14-7-6-10(14)8-4-3-5-9(12(13)15)11(8)16-2/h3-5,10H,6-7H2,1-2H3,(H2,13,15). The second-order valence-corrected chi connectivity index (χ2v) is 4.08. The van der Waals surface area contributed by atoms with Gasteiger partial charge in [-0.3, -0.25) is 9.69 Å². The predicted octanol–water partition coefficient (Wildman–Crippen LogP) is 1.17. The molecule has 4 nitrogen and oxygen atoms in total. The highest BCUT2D eigenvalue weighted by atomic mass is 16.5. The topological polar surface area (TPSA) is 55.6 Å². The highest BCUT2D eigenvalue weighted by molar-refractivity contribution is 5.96. The molecule has 1 aromatic carbocycles. The summed E-state index contributed by atoms with van der Waals surface area (Å²) in [7, 11) is 3.63. The number of ether oxygens (including phenoxy) is 1. The van der Waals surface area contributed by atoms with Gasteiger partial charge in [0, 0.05) is 18.2 Å². The van der Waals surface area contributed by atoms with E-state index in [9.17, 15) is 4.79 Å². The molecule has 0 saturated carbocycles. The molecule has 1 atom stereocenters. The minimum absolute atomic E-state index is 0.342. The molecule has 0 aliphatic carbocycles. The van der Waals surface area contributed by atoms with Gasteiger partial charge in [-0.1, -0.05) is 12.1 Å². The van der Waals surface area contributed by atoms with E-state index < -0.39 is 5.91 Å². The Hall–Kier alpha value is -1.55. The highest BCUT2D eigenvalue weighted by Crippen LogP contribution is 2.38. The van der Waals surface area contributed by atoms with Crippen LogP contribution in [0.2, 0.25) is 0 Å². The SMILES string of the molecule is COc1c(C(N)=O)cccc1C1CCN1C. The van der Waals surface area contributed by atoms with E-state index in [1.54, 1.807) is 13.2 Å². The molecule has 16 heavy (non-hydrogen) atoms. The van der Waals surface area contributed by atoms with Gasteiger partial charge in [0.05, 0.1) is 12.7 Å². The van der Waals surface area contributed by atoms with E-state index in [4.69, 9.17) is 10.5 Å². The van der Waals surface area contributed by atoms with E-state index in [1.807, 2.05) is 12.1 Å². The molecule has 1 aromatic rings. The first-order chi connectivity index (χ1) is 7.65. The van der Waals surface area contributed by atoms with Crippen molar-refractivity contribution in [3.63, 3.8) is 0 Å². The van der Waals surface area contributed by atoms with Crippen molar-refractivity contribution in [2.24, 2.45) is 5.73 Å². The number of amides is 1. The number of likely N-dealkylation sites (tertiary alicyclic amines) is 1. The van der Waals surface area contributed by atoms with E-state index in [0.717, 1.165) is 18.5 Å². The second-order valence-electron chi connectivity index (χ2n) is 4.08. The molecule has 0 aromatic heterocycles. The monoisotopic (exact) mass is 220 g/mol. The van der Waals surface area contributed by atoms with Crippen LogP contribution in [0.5, 0.6) is 5.75 Å². The van der Waals surface area contributed by atoms with Crippen LogP contribution in [-0.2, 0) is 0 Å². The molecule has 1 aliphatic heterocycles. The Morgan fingerprint density at radius 2 is 2.31 bits per heavy atom. The number of hydrogen-bond donors (Lipinski definition) is 1. The van der Waals surface area contributed by atoms with Crippen LogP contribution in [0.25, 0.3) is 0 Å². The van der Waals surface area contributed by atoms with Gasteiger partial charge in [0.2, 0.25) is 0 Å². The molecule has 0 radical (unpaired) electrons. The van der Waals surface area contributed by atoms with Crippen LogP contribution in [0.15, 0.2) is 18.2 Å². The molecule has 86 valence electrons. The average molecular weight is 220 g/mol. The highest BCUT2D eigenvalue weighted by Gasteiger charge is 2.29. The van der Waals surface area contributed by atoms with E-state index in [1.165, 1.54) is 0 Å². The van der Waals surface area contributed by atoms with Crippen molar-refractivity contribution in [3.8, 4) is 5.75 Å². The van der Waals surface area contributed by atoms with Crippen LogP contribution >= 0.6 is 0 Å². The molecular weight excluding hydrogens is 204 g/mol. The lowest BCUT2D eigenvalue weighted by atomic mass is 9.93. The molecular formula is C12H16N2O2. The van der Waals surface area contributed by atoms with Crippen LogP contribution in [-0.4, -0.2) is 31.5 Å². The Labute approximate surface area is 95.0 Å². The third-order valence-corrected chi connectivity index (χ3v) is 3.16. The third-order valence-electron chi connectivity index (χ3n) is 3.16. The van der Waals surface area contributed by atoms with E-state index in [-0.39, 0.29) is 0 Å². The van der Waals surface area contributed by atoms with Crippen LogP contribution in [0.3, 0.4) is 0 Å². The number of methoxy groups -OCH3 is 1. The maximum absolute atomic E-state index is 11.3. The molecule has 1 fully saturated rings. The zero-order valence-electron chi connectivity index (χ0n) is 9.56. The van der Waals surface area contributed by atoms with Crippen molar-refractivity contribution < 1.29 is 9.53 Å². The van der Waals surface area contributed by atoms with Crippen LogP contribution in [0.4, 0.5) is 0 Å². The van der Waals surface area contributed by atoms with E-state index >= 15 is 0 Å². The summed E-state index contributed by atoms with van der Waals surface area (Å²) in [5.74, 6) is 0.173. The number of primary amides is 1. The van der Waals surface area contributed by atoms with Gasteiger partial charge in [0.1, 0.15) is 5.75 Å². The minimum Gasteiger partial charge on any atom is -0.496 e. The van der Waals surface area contributed by atoms with Crippen LogP contribution < -0.4 is 10.5 Å². The maximum Gasteiger partial charge on any atom is 0.252 e. The predicted molar refractivity (Wildman–Crippen MR) is 61.5 cm³/mol. The number of rotatable bonds is 3. The number of hydrogen-bond acceptors (Lipinski definition) is 3. The van der Waals surface area contributed by atoms with Crippen molar-refractivity contribution in [1.82, 2.24) is 4.90 Å². The number of nitrogens with zero attached hydrogens (tertiary/aromatic N) is 1. The Balaban J connectivity index is 2.44. The largest absolute Gasteiger partial charge is 0.496 e. The number of nitrogens with two attached hydrogens (primary N) is 1. The van der Waals surface area contributed by atoms with Gasteiger partial charge < -0.3 is 10.5 Å². The molecule has 1 amide bonds. The molecule has 0 spiro atoms. The summed E-state index contributed by atoms with van der Waals surface area (Å²) < 4.78 is 5.32. The van der Waals surface area contributed by atoms with Gasteiger partial charge in [-0.2, -0.15) is 0 Å². The summed E-state index contributed by atoms with van der Waals surface area (Å²) in [5.41, 5.74) is 6.83. The quantitative estimate of drug-likeness (QED) is 0.832. The summed E-state index contributed by atoms with van der Waals surface area (Å²) in [6, 6.07) is 5.88. The molecule has 1 aliphatic rings. The van der Waals surface area contributed by atoms with Crippen molar-refractivity contribution in [3.05, 3.63) is 29.3 Å². The fourth-order valence-corrected chi connectivity index (χ4v) is 2.15. The normalized spacial score (nSPS) is 20.2. The molecule has 0 bridgehead atoms. The molecule has 2 rings (SSSR count). The number of benzene rings is 1. The lowest BCUT2D eigenvalue weighted by Gasteiger charge is -2.39. The van der Waals surface area contributed by atoms with E-state index in [2.05, 4.69) is 11.9 Å². The maximum atomic E-state index is 11.3. The fourth-order valence-electron chi connectivity index (χ4n) is 2.15. The van der Waals surface area contributed by atoms with Gasteiger partial charge in [-0.05, 0) is 19.5 Å². The lowest BCUT2D eigenvalue weighted by Crippen LogP contribution is -2.37. The summed E-state index contributed by atoms with van der Waals surface area (Å²) in [6.07, 6.45) is 1.09. The first-order valence-electron chi connectivity index (χ1n) is 5.32. The molecule has 4 heteroatoms. The number of para-hydroxylation sites is 1. The molecule has 2 N–H and O–H groups in total. The van der Waals surface area contributed by atoms with Crippen LogP contribution in [0.1, 0.15) is 28.4 Å². The Morgan fingerprint density at radius 3 is 2.75 bits per heavy atom. The van der Waals surface area contributed by atoms with E-state index in [0.29, 0.717) is 17.4 Å². The van der Waals surface area contributed by atoms with Crippen molar-refractivity contribution in [2.75, 3.05) is 20.7 Å². The Morgan fingerprint density at radius 1 is 1.56 bits per heavy atom. The first-order valence-corrected chi connectivity index (χ1v) is 5.32. The lowest BCUT2D eigenvalue weighted by molar-refractivity contribution is 0.0994. The Kier molecular flexibility index (Phi) is 2.83. The molecule has 1 saturated heterocycles. The van der Waals surface area contributed by atoms with Gasteiger partial charge >= 0.3 is 0 Å². The fraction of sp³-hybridized carbons (Fsp3) is 0.417. The average Bonchev–Trinajstić information content (AvgIpc) is 2.26. The summed E-state index contributed by atoms with van der Waals surface area (Å²) in [5, 5.41) is 0. The van der Waals surface area contributed by atoms with Gasteiger partial charge in [-0.15, -0.1) is 0 Å². The first kappa shape index (κ1) is 11.0. The summed E-state index contributed by atoms with van der Waals surface area (Å²) >= 11 is 0. The van der Waals surface area contributed by atoms with Gasteiger partial charge in [0.25, 0.3) is 5.91 Å².